The fourth-order valence-corrected chi connectivity index (χ4v) is 5.24. The largest absolute Gasteiger partial charge is 0.481 e. The van der Waals surface area contributed by atoms with Gasteiger partial charge in [-0.15, -0.1) is 0 Å². The molecule has 0 spiro atoms. The SMILES string of the molecule is Cn1c(=O)n(C(N)CCC(=O)O)c2cccc(C#CCOC3CCN(CC4CCNCC4)CC3)c21. The van der Waals surface area contributed by atoms with Crippen molar-refractivity contribution < 1.29 is 14.6 Å². The average Bonchev–Trinajstić information content (AvgIpc) is 3.12. The zero-order valence-electron chi connectivity index (χ0n) is 20.5. The van der Waals surface area contributed by atoms with Crippen molar-refractivity contribution in [2.45, 2.75) is 50.8 Å². The Labute approximate surface area is 206 Å². The number of fused-ring (bicyclic) bond motifs is 1. The molecule has 9 nitrogen and oxygen atoms in total. The van der Waals surface area contributed by atoms with Crippen molar-refractivity contribution in [1.29, 1.82) is 0 Å². The van der Waals surface area contributed by atoms with E-state index in [1.807, 2.05) is 18.2 Å². The van der Waals surface area contributed by atoms with E-state index in [0.717, 1.165) is 50.5 Å². The van der Waals surface area contributed by atoms with Gasteiger partial charge in [0.25, 0.3) is 0 Å². The zero-order chi connectivity index (χ0) is 24.8. The van der Waals surface area contributed by atoms with Gasteiger partial charge in [0.1, 0.15) is 6.61 Å². The quantitative estimate of drug-likeness (QED) is 0.488. The lowest BCUT2D eigenvalue weighted by molar-refractivity contribution is -0.137. The molecule has 0 bridgehead atoms. The number of carboxylic acids is 1. The van der Waals surface area contributed by atoms with Crippen molar-refractivity contribution in [3.63, 3.8) is 0 Å². The number of aliphatic carboxylic acids is 1. The van der Waals surface area contributed by atoms with Gasteiger partial charge in [-0.1, -0.05) is 17.9 Å². The third-order valence-corrected chi connectivity index (χ3v) is 7.21. The highest BCUT2D eigenvalue weighted by atomic mass is 16.5. The van der Waals surface area contributed by atoms with E-state index in [-0.39, 0.29) is 24.6 Å². The average molecular weight is 484 g/mol. The number of para-hydroxylation sites is 1. The summed E-state index contributed by atoms with van der Waals surface area (Å²) in [5.74, 6) is 6.16. The number of piperidine rings is 2. The number of aryl methyl sites for hydroxylation is 1. The van der Waals surface area contributed by atoms with Crippen molar-refractivity contribution in [2.24, 2.45) is 18.7 Å². The number of nitrogens with one attached hydrogen (secondary N) is 1. The summed E-state index contributed by atoms with van der Waals surface area (Å²) < 4.78 is 9.03. The maximum atomic E-state index is 12.8. The van der Waals surface area contributed by atoms with Gasteiger partial charge in [0.05, 0.1) is 28.9 Å². The second kappa shape index (κ2) is 11.9. The molecule has 35 heavy (non-hydrogen) atoms. The van der Waals surface area contributed by atoms with Gasteiger partial charge in [-0.2, -0.15) is 0 Å². The highest BCUT2D eigenvalue weighted by Gasteiger charge is 2.23. The summed E-state index contributed by atoms with van der Waals surface area (Å²) in [4.78, 5) is 26.3. The first-order chi connectivity index (χ1) is 16.9. The fourth-order valence-electron chi connectivity index (χ4n) is 5.24. The van der Waals surface area contributed by atoms with Gasteiger partial charge in [0.15, 0.2) is 0 Å². The number of imidazole rings is 1. The predicted molar refractivity (Wildman–Crippen MR) is 135 cm³/mol. The van der Waals surface area contributed by atoms with E-state index in [4.69, 9.17) is 15.6 Å². The standard InChI is InChI=1S/C26H37N5O4/c1-29-25-20(4-2-6-22(25)31(26(29)34)23(27)7-8-24(32)33)5-3-17-35-21-11-15-30(16-12-21)18-19-9-13-28-14-10-19/h2,4,6,19,21,23,28H,7-18,27H2,1H3,(H,32,33). The van der Waals surface area contributed by atoms with Crippen LogP contribution in [0.5, 0.6) is 0 Å². The summed E-state index contributed by atoms with van der Waals surface area (Å²) in [7, 11) is 1.68. The van der Waals surface area contributed by atoms with E-state index in [0.29, 0.717) is 17.6 Å². The molecular weight excluding hydrogens is 446 g/mol. The minimum atomic E-state index is -0.937. The fraction of sp³-hybridized carbons (Fsp3) is 0.615. The van der Waals surface area contributed by atoms with Crippen LogP contribution in [0.2, 0.25) is 0 Å². The minimum absolute atomic E-state index is 0.0994. The Morgan fingerprint density at radius 3 is 2.71 bits per heavy atom. The number of aromatic nitrogens is 2. The third kappa shape index (κ3) is 6.33. The van der Waals surface area contributed by atoms with Gasteiger partial charge in [-0.05, 0) is 63.2 Å². The molecular formula is C26H37N5O4. The van der Waals surface area contributed by atoms with Crippen molar-refractivity contribution in [3.8, 4) is 11.8 Å². The molecule has 0 radical (unpaired) electrons. The zero-order valence-corrected chi connectivity index (χ0v) is 20.5. The van der Waals surface area contributed by atoms with E-state index in [9.17, 15) is 9.59 Å². The van der Waals surface area contributed by atoms with Crippen LogP contribution in [0.15, 0.2) is 23.0 Å². The van der Waals surface area contributed by atoms with Gasteiger partial charge >= 0.3 is 11.7 Å². The Morgan fingerprint density at radius 1 is 1.26 bits per heavy atom. The number of carbonyl (C=O) groups is 1. The third-order valence-electron chi connectivity index (χ3n) is 7.21. The Kier molecular flexibility index (Phi) is 8.63. The lowest BCUT2D eigenvalue weighted by Crippen LogP contribution is -2.41. The van der Waals surface area contributed by atoms with Gasteiger partial charge in [-0.25, -0.2) is 4.79 Å². The summed E-state index contributed by atoms with van der Waals surface area (Å²) in [6.45, 7) is 6.01. The van der Waals surface area contributed by atoms with Gasteiger partial charge in [-0.3, -0.25) is 13.9 Å². The molecule has 1 aromatic carbocycles. The lowest BCUT2D eigenvalue weighted by atomic mass is 9.96. The molecule has 2 saturated heterocycles. The molecule has 1 atom stereocenters. The van der Waals surface area contributed by atoms with E-state index in [1.165, 1.54) is 28.5 Å². The molecule has 9 heteroatoms. The van der Waals surface area contributed by atoms with E-state index >= 15 is 0 Å². The summed E-state index contributed by atoms with van der Waals surface area (Å²) in [6.07, 6.45) is 4.23. The van der Waals surface area contributed by atoms with Crippen LogP contribution in [0.1, 0.15) is 50.3 Å². The maximum absolute atomic E-state index is 12.8. The van der Waals surface area contributed by atoms with Crippen molar-refractivity contribution in [1.82, 2.24) is 19.4 Å². The molecule has 2 aliphatic heterocycles. The first kappa shape index (κ1) is 25.5. The normalized spacial score (nSPS) is 18.9. The number of nitrogens with two attached hydrogens (primary N) is 1. The first-order valence-electron chi connectivity index (χ1n) is 12.6. The van der Waals surface area contributed by atoms with Crippen LogP contribution in [0.25, 0.3) is 11.0 Å². The monoisotopic (exact) mass is 483 g/mol. The number of carboxylic acid groups (broad SMARTS) is 1. The predicted octanol–water partition coefficient (Wildman–Crippen LogP) is 1.49. The molecule has 2 fully saturated rings. The van der Waals surface area contributed by atoms with Crippen LogP contribution in [-0.4, -0.2) is 70.5 Å². The van der Waals surface area contributed by atoms with E-state index in [2.05, 4.69) is 22.1 Å². The molecule has 1 aromatic heterocycles. The summed E-state index contributed by atoms with van der Waals surface area (Å²) in [5.41, 5.74) is 7.97. The van der Waals surface area contributed by atoms with E-state index in [1.54, 1.807) is 7.05 Å². The summed E-state index contributed by atoms with van der Waals surface area (Å²) in [6, 6.07) is 5.53. The number of hydrogen-bond donors (Lipinski definition) is 3. The molecule has 0 saturated carbocycles. The van der Waals surface area contributed by atoms with Crippen LogP contribution >= 0.6 is 0 Å². The molecule has 0 aliphatic carbocycles. The Morgan fingerprint density at radius 2 is 2.00 bits per heavy atom. The second-order valence-corrected chi connectivity index (χ2v) is 9.69. The van der Waals surface area contributed by atoms with Gasteiger partial charge in [0.2, 0.25) is 0 Å². The molecule has 0 amide bonds. The summed E-state index contributed by atoms with van der Waals surface area (Å²) >= 11 is 0. The minimum Gasteiger partial charge on any atom is -0.481 e. The second-order valence-electron chi connectivity index (χ2n) is 9.69. The van der Waals surface area contributed by atoms with Gasteiger partial charge in [0, 0.05) is 33.1 Å². The molecule has 4 N–H and O–H groups in total. The smallest absolute Gasteiger partial charge is 0.330 e. The highest BCUT2D eigenvalue weighted by molar-refractivity contribution is 5.83. The van der Waals surface area contributed by atoms with Crippen LogP contribution in [-0.2, 0) is 16.6 Å². The van der Waals surface area contributed by atoms with Crippen molar-refractivity contribution in [3.05, 3.63) is 34.2 Å². The number of hydrogen-bond acceptors (Lipinski definition) is 6. The van der Waals surface area contributed by atoms with Crippen LogP contribution < -0.4 is 16.7 Å². The number of rotatable bonds is 8. The number of benzene rings is 1. The van der Waals surface area contributed by atoms with Gasteiger partial charge < -0.3 is 25.8 Å². The molecule has 190 valence electrons. The first-order valence-corrected chi connectivity index (χ1v) is 12.6. The van der Waals surface area contributed by atoms with Crippen molar-refractivity contribution >= 4 is 17.0 Å². The topological polar surface area (TPSA) is 115 Å². The number of ether oxygens (including phenoxy) is 1. The van der Waals surface area contributed by atoms with Crippen LogP contribution in [0.4, 0.5) is 0 Å². The number of likely N-dealkylation sites (tertiary alicyclic amines) is 1. The Bertz CT molecular complexity index is 1130. The Balaban J connectivity index is 1.34. The molecule has 1 unspecified atom stereocenters. The molecule has 2 aliphatic rings. The maximum Gasteiger partial charge on any atom is 0.330 e. The molecule has 4 rings (SSSR count). The van der Waals surface area contributed by atoms with Crippen LogP contribution in [0, 0.1) is 17.8 Å². The highest BCUT2D eigenvalue weighted by Crippen LogP contribution is 2.21. The lowest BCUT2D eigenvalue weighted by Gasteiger charge is -2.35. The number of nitrogens with zero attached hydrogens (tertiary/aromatic N) is 3. The van der Waals surface area contributed by atoms with Crippen LogP contribution in [0.3, 0.4) is 0 Å². The summed E-state index contributed by atoms with van der Waals surface area (Å²) in [5, 5.41) is 12.4. The van der Waals surface area contributed by atoms with Crippen molar-refractivity contribution in [2.75, 3.05) is 39.3 Å². The molecule has 3 heterocycles. The Hall–Kier alpha value is -2.64. The van der Waals surface area contributed by atoms with E-state index < -0.39 is 12.1 Å². The molecule has 2 aromatic rings.